The highest BCUT2D eigenvalue weighted by Crippen LogP contribution is 2.37. The molecule has 1 aromatic heterocycles. The summed E-state index contributed by atoms with van der Waals surface area (Å²) in [5.41, 5.74) is 3.69. The van der Waals surface area contributed by atoms with Crippen molar-refractivity contribution >= 4 is 38.4 Å². The second-order valence-electron chi connectivity index (χ2n) is 6.82. The van der Waals surface area contributed by atoms with E-state index in [1.807, 2.05) is 38.1 Å². The highest BCUT2D eigenvalue weighted by Gasteiger charge is 2.20. The highest BCUT2D eigenvalue weighted by molar-refractivity contribution is 9.11. The summed E-state index contributed by atoms with van der Waals surface area (Å²) in [6.45, 7) is 3.97. The average Bonchev–Trinajstić information content (AvgIpc) is 3.02. The molecule has 0 spiro atoms. The topological polar surface area (TPSA) is 62.2 Å². The molecule has 2 N–H and O–H groups in total. The molecule has 28 heavy (non-hydrogen) atoms. The van der Waals surface area contributed by atoms with Gasteiger partial charge in [0.05, 0.1) is 15.9 Å². The van der Waals surface area contributed by atoms with E-state index in [1.54, 1.807) is 12.1 Å². The predicted molar refractivity (Wildman–Crippen MR) is 115 cm³/mol. The van der Waals surface area contributed by atoms with Crippen molar-refractivity contribution in [3.63, 3.8) is 0 Å². The van der Waals surface area contributed by atoms with Crippen molar-refractivity contribution in [2.75, 3.05) is 5.32 Å². The van der Waals surface area contributed by atoms with Crippen molar-refractivity contribution in [2.24, 2.45) is 5.92 Å². The Kier molecular flexibility index (Phi) is 6.46. The highest BCUT2D eigenvalue weighted by atomic mass is 79.9. The molecule has 0 aliphatic heterocycles. The molecule has 3 rings (SSSR count). The van der Waals surface area contributed by atoms with Crippen molar-refractivity contribution in [1.82, 2.24) is 4.98 Å². The lowest BCUT2D eigenvalue weighted by atomic mass is 10.0. The van der Waals surface area contributed by atoms with Crippen molar-refractivity contribution in [3.05, 3.63) is 58.1 Å². The smallest absolute Gasteiger partial charge is 0.305 e. The van der Waals surface area contributed by atoms with Gasteiger partial charge in [0, 0.05) is 11.6 Å². The van der Waals surface area contributed by atoms with Gasteiger partial charge in [-0.2, -0.15) is 0 Å². The zero-order chi connectivity index (χ0) is 20.3. The van der Waals surface area contributed by atoms with Gasteiger partial charge < -0.3 is 10.4 Å². The molecule has 0 radical (unpaired) electrons. The molecule has 4 nitrogen and oxygen atoms in total. The quantitative estimate of drug-likeness (QED) is 0.432. The molecule has 0 saturated carbocycles. The number of anilines is 1. The fourth-order valence-corrected chi connectivity index (χ4v) is 4.36. The van der Waals surface area contributed by atoms with Crippen LogP contribution in [0.1, 0.15) is 20.3 Å². The van der Waals surface area contributed by atoms with Gasteiger partial charge in [0.15, 0.2) is 5.13 Å². The van der Waals surface area contributed by atoms with Crippen molar-refractivity contribution in [3.8, 4) is 22.4 Å². The van der Waals surface area contributed by atoms with Crippen LogP contribution in [-0.2, 0) is 4.79 Å². The molecule has 0 saturated heterocycles. The number of benzene rings is 2. The number of halogens is 2. The second kappa shape index (κ2) is 8.84. The third-order valence-corrected chi connectivity index (χ3v) is 6.07. The lowest BCUT2D eigenvalue weighted by Gasteiger charge is -2.19. The van der Waals surface area contributed by atoms with E-state index in [0.29, 0.717) is 5.13 Å². The molecular formula is C21H20BrFN2O2S. The summed E-state index contributed by atoms with van der Waals surface area (Å²) in [6, 6.07) is 14.1. The first-order chi connectivity index (χ1) is 13.3. The summed E-state index contributed by atoms with van der Waals surface area (Å²) in [6.07, 6.45) is 0.0383. The fraction of sp³-hybridized carbons (Fsp3) is 0.238. The molecule has 0 aliphatic rings. The number of nitrogens with one attached hydrogen (secondary N) is 1. The SMILES string of the molecule is CC(C)C(CC(=O)O)Nc1nc(-c2ccc(-c3ccc(F)cc3)cc2)c(Br)s1. The third kappa shape index (κ3) is 4.97. The van der Waals surface area contributed by atoms with Crippen LogP contribution in [0.4, 0.5) is 9.52 Å². The Labute approximate surface area is 175 Å². The van der Waals surface area contributed by atoms with E-state index in [1.165, 1.54) is 23.5 Å². The van der Waals surface area contributed by atoms with Gasteiger partial charge in [-0.05, 0) is 45.1 Å². The molecule has 0 aliphatic carbocycles. The Morgan fingerprint density at radius 3 is 2.18 bits per heavy atom. The van der Waals surface area contributed by atoms with Crippen LogP contribution in [0, 0.1) is 11.7 Å². The first-order valence-corrected chi connectivity index (χ1v) is 10.5. The second-order valence-corrected chi connectivity index (χ2v) is 9.14. The minimum absolute atomic E-state index is 0.0383. The van der Waals surface area contributed by atoms with Crippen molar-refractivity contribution in [2.45, 2.75) is 26.3 Å². The van der Waals surface area contributed by atoms with Gasteiger partial charge in [-0.25, -0.2) is 9.37 Å². The number of rotatable bonds is 7. The molecule has 1 unspecified atom stereocenters. The summed E-state index contributed by atoms with van der Waals surface area (Å²) < 4.78 is 14.0. The molecule has 0 amide bonds. The minimum Gasteiger partial charge on any atom is -0.481 e. The first-order valence-electron chi connectivity index (χ1n) is 8.84. The van der Waals surface area contributed by atoms with Crippen molar-refractivity contribution < 1.29 is 14.3 Å². The Balaban J connectivity index is 1.80. The molecular weight excluding hydrogens is 443 g/mol. The summed E-state index contributed by atoms with van der Waals surface area (Å²) >= 11 is 5.01. The number of carbonyl (C=O) groups is 1. The predicted octanol–water partition coefficient (Wildman–Crippen LogP) is 6.29. The largest absolute Gasteiger partial charge is 0.481 e. The van der Waals surface area contributed by atoms with Gasteiger partial charge in [-0.15, -0.1) is 0 Å². The normalized spacial score (nSPS) is 12.2. The molecule has 7 heteroatoms. The van der Waals surface area contributed by atoms with Gasteiger partial charge in [0.25, 0.3) is 0 Å². The van der Waals surface area contributed by atoms with E-state index in [0.717, 1.165) is 26.2 Å². The minimum atomic E-state index is -0.835. The van der Waals surface area contributed by atoms with Crippen LogP contribution >= 0.6 is 27.3 Å². The van der Waals surface area contributed by atoms with Gasteiger partial charge >= 0.3 is 5.97 Å². The fourth-order valence-electron chi connectivity index (χ4n) is 2.80. The maximum atomic E-state index is 13.1. The van der Waals surface area contributed by atoms with E-state index in [4.69, 9.17) is 5.11 Å². The van der Waals surface area contributed by atoms with E-state index in [9.17, 15) is 9.18 Å². The first kappa shape index (κ1) is 20.5. The van der Waals surface area contributed by atoms with Crippen LogP contribution in [0.25, 0.3) is 22.4 Å². The number of carboxylic acid groups (broad SMARTS) is 1. The number of hydrogen-bond acceptors (Lipinski definition) is 4. The van der Waals surface area contributed by atoms with Crippen LogP contribution in [-0.4, -0.2) is 22.1 Å². The summed E-state index contributed by atoms with van der Waals surface area (Å²) in [5, 5.41) is 13.0. The number of aromatic nitrogens is 1. The molecule has 1 heterocycles. The van der Waals surface area contributed by atoms with E-state index >= 15 is 0 Å². The van der Waals surface area contributed by atoms with Crippen LogP contribution in [0.5, 0.6) is 0 Å². The summed E-state index contributed by atoms with van der Waals surface area (Å²) in [4.78, 5) is 15.7. The van der Waals surface area contributed by atoms with E-state index < -0.39 is 5.97 Å². The van der Waals surface area contributed by atoms with Crippen LogP contribution in [0.2, 0.25) is 0 Å². The lowest BCUT2D eigenvalue weighted by molar-refractivity contribution is -0.137. The Morgan fingerprint density at radius 2 is 1.64 bits per heavy atom. The van der Waals surface area contributed by atoms with Gasteiger partial charge in [0.2, 0.25) is 0 Å². The molecule has 2 aromatic carbocycles. The zero-order valence-corrected chi connectivity index (χ0v) is 17.8. The average molecular weight is 463 g/mol. The number of aliphatic carboxylic acids is 1. The number of thiazole rings is 1. The molecule has 146 valence electrons. The Hall–Kier alpha value is -2.25. The van der Waals surface area contributed by atoms with Crippen LogP contribution in [0.3, 0.4) is 0 Å². The molecule has 0 bridgehead atoms. The van der Waals surface area contributed by atoms with Crippen molar-refractivity contribution in [1.29, 1.82) is 0 Å². The molecule has 1 atom stereocenters. The third-order valence-electron chi connectivity index (χ3n) is 4.43. The number of carboxylic acids is 1. The van der Waals surface area contributed by atoms with Crippen LogP contribution in [0.15, 0.2) is 52.3 Å². The molecule has 0 fully saturated rings. The van der Waals surface area contributed by atoms with Gasteiger partial charge in [-0.3, -0.25) is 4.79 Å². The van der Waals surface area contributed by atoms with Crippen LogP contribution < -0.4 is 5.32 Å². The number of hydrogen-bond donors (Lipinski definition) is 2. The molecule has 3 aromatic rings. The Morgan fingerprint density at radius 1 is 1.11 bits per heavy atom. The zero-order valence-electron chi connectivity index (χ0n) is 15.4. The van der Waals surface area contributed by atoms with Gasteiger partial charge in [0.1, 0.15) is 5.82 Å². The lowest BCUT2D eigenvalue weighted by Crippen LogP contribution is -2.28. The van der Waals surface area contributed by atoms with Gasteiger partial charge in [-0.1, -0.05) is 61.6 Å². The van der Waals surface area contributed by atoms with E-state index in [2.05, 4.69) is 26.2 Å². The Bertz CT molecular complexity index is 956. The maximum Gasteiger partial charge on any atom is 0.305 e. The standard InChI is InChI=1S/C21H20BrFN2O2S/c1-12(2)17(11-18(26)27)24-21-25-19(20(22)28-21)15-5-3-13(4-6-15)14-7-9-16(23)10-8-14/h3-10,12,17H,11H2,1-2H3,(H,24,25)(H,26,27). The maximum absolute atomic E-state index is 13.1. The monoisotopic (exact) mass is 462 g/mol. The summed E-state index contributed by atoms with van der Waals surface area (Å²) in [7, 11) is 0. The van der Waals surface area contributed by atoms with E-state index in [-0.39, 0.29) is 24.2 Å². The number of nitrogens with zero attached hydrogens (tertiary/aromatic N) is 1. The summed E-state index contributed by atoms with van der Waals surface area (Å²) in [5.74, 6) is -0.926.